The average molecular weight is 422 g/mol. The van der Waals surface area contributed by atoms with E-state index in [1.165, 1.54) is 27.4 Å². The fraction of sp³-hybridized carbons (Fsp3) is 0.348. The molecule has 5 rings (SSSR count). The Labute approximate surface area is 179 Å². The monoisotopic (exact) mass is 421 g/mol. The van der Waals surface area contributed by atoms with Gasteiger partial charge in [0.05, 0.1) is 36.3 Å². The third kappa shape index (κ3) is 3.70. The summed E-state index contributed by atoms with van der Waals surface area (Å²) in [5.41, 5.74) is 2.02. The van der Waals surface area contributed by atoms with Crippen LogP contribution in [0.1, 0.15) is 42.6 Å². The van der Waals surface area contributed by atoms with E-state index < -0.39 is 0 Å². The van der Waals surface area contributed by atoms with Crippen LogP contribution in [-0.4, -0.2) is 35.4 Å². The molecule has 0 bridgehead atoms. The summed E-state index contributed by atoms with van der Waals surface area (Å²) in [4.78, 5) is 6.39. The van der Waals surface area contributed by atoms with E-state index >= 15 is 0 Å². The molecule has 0 aliphatic carbocycles. The van der Waals surface area contributed by atoms with Crippen molar-refractivity contribution in [1.29, 1.82) is 0 Å². The summed E-state index contributed by atoms with van der Waals surface area (Å²) < 4.78 is 12.5. The summed E-state index contributed by atoms with van der Waals surface area (Å²) in [6.45, 7) is 4.34. The number of ether oxygens (including phenoxy) is 1. The summed E-state index contributed by atoms with van der Waals surface area (Å²) in [6.07, 6.45) is 2.37. The topological polar surface area (TPSA) is 65.5 Å². The third-order valence-electron chi connectivity index (χ3n) is 5.98. The Bertz CT molecular complexity index is 1100. The van der Waals surface area contributed by atoms with Gasteiger partial charge in [0.1, 0.15) is 10.8 Å². The number of rotatable bonds is 5. The number of hydrogen-bond donors (Lipinski definition) is 1. The summed E-state index contributed by atoms with van der Waals surface area (Å²) in [7, 11) is 1.66. The van der Waals surface area contributed by atoms with Gasteiger partial charge in [0.15, 0.2) is 6.04 Å². The molecule has 3 heterocycles. The maximum Gasteiger partial charge on any atom is 0.274 e. The second-order valence-corrected chi connectivity index (χ2v) is 8.93. The van der Waals surface area contributed by atoms with E-state index in [2.05, 4.69) is 41.4 Å². The summed E-state index contributed by atoms with van der Waals surface area (Å²) in [5.74, 6) is 2.54. The Kier molecular flexibility index (Phi) is 5.23. The first-order valence-electron chi connectivity index (χ1n) is 10.4. The van der Waals surface area contributed by atoms with Gasteiger partial charge >= 0.3 is 0 Å². The van der Waals surface area contributed by atoms with E-state index in [9.17, 15) is 0 Å². The van der Waals surface area contributed by atoms with Gasteiger partial charge in [0.2, 0.25) is 5.89 Å². The number of hydrogen-bond acceptors (Lipinski definition) is 6. The van der Waals surface area contributed by atoms with Gasteiger partial charge in [-0.3, -0.25) is 0 Å². The van der Waals surface area contributed by atoms with Gasteiger partial charge in [-0.15, -0.1) is 21.5 Å². The highest BCUT2D eigenvalue weighted by atomic mass is 32.1. The van der Waals surface area contributed by atoms with Gasteiger partial charge in [-0.25, -0.2) is 4.98 Å². The third-order valence-corrected chi connectivity index (χ3v) is 7.18. The van der Waals surface area contributed by atoms with Crippen LogP contribution in [0.15, 0.2) is 52.9 Å². The molecule has 3 atom stereocenters. The van der Waals surface area contributed by atoms with Crippen LogP contribution in [0.3, 0.4) is 0 Å². The maximum atomic E-state index is 6.05. The van der Waals surface area contributed by atoms with Gasteiger partial charge in [0.25, 0.3) is 5.89 Å². The number of likely N-dealkylation sites (tertiary alicyclic amines) is 1. The standard InChI is InChI=1S/C23H24N4O2S/c1-15(21-25-26-22(29-21)16-9-11-18(28-2)12-10-16)27-13-5-6-17(14-27)23-24-19-7-3-4-8-20(19)30-23/h3-4,7-12,15,17H,5-6,13-14H2,1-2H3/p+1/t15-,17+/m1/s1. The molecule has 0 saturated carbocycles. The van der Waals surface area contributed by atoms with Crippen LogP contribution in [0.5, 0.6) is 5.75 Å². The molecule has 1 saturated heterocycles. The molecule has 1 fully saturated rings. The van der Waals surface area contributed by atoms with Crippen molar-refractivity contribution in [1.82, 2.24) is 15.2 Å². The zero-order valence-corrected chi connectivity index (χ0v) is 18.0. The van der Waals surface area contributed by atoms with E-state index in [0.717, 1.165) is 29.9 Å². The summed E-state index contributed by atoms with van der Waals surface area (Å²) >= 11 is 1.83. The fourth-order valence-corrected chi connectivity index (χ4v) is 5.30. The Morgan fingerprint density at radius 1 is 1.13 bits per heavy atom. The lowest BCUT2D eigenvalue weighted by molar-refractivity contribution is -0.937. The number of nitrogens with zero attached hydrogens (tertiary/aromatic N) is 3. The molecular formula is C23H25N4O2S+. The number of methoxy groups -OCH3 is 1. The minimum Gasteiger partial charge on any atom is -0.497 e. The number of nitrogens with one attached hydrogen (secondary N) is 1. The number of fused-ring (bicyclic) bond motifs is 1. The largest absolute Gasteiger partial charge is 0.497 e. The fourth-order valence-electron chi connectivity index (χ4n) is 4.20. The molecule has 154 valence electrons. The van der Waals surface area contributed by atoms with Crippen LogP contribution in [0, 0.1) is 0 Å². The molecule has 7 heteroatoms. The minimum atomic E-state index is 0.154. The highest BCUT2D eigenvalue weighted by Crippen LogP contribution is 2.31. The predicted octanol–water partition coefficient (Wildman–Crippen LogP) is 3.88. The number of benzene rings is 2. The first kappa shape index (κ1) is 19.2. The Morgan fingerprint density at radius 3 is 2.77 bits per heavy atom. The molecule has 30 heavy (non-hydrogen) atoms. The van der Waals surface area contributed by atoms with Gasteiger partial charge in [-0.05, 0) is 56.2 Å². The molecule has 1 N–H and O–H groups in total. The minimum absolute atomic E-state index is 0.154. The van der Waals surface area contributed by atoms with E-state index in [-0.39, 0.29) is 6.04 Å². The highest BCUT2D eigenvalue weighted by molar-refractivity contribution is 7.18. The first-order chi connectivity index (χ1) is 14.7. The van der Waals surface area contributed by atoms with Gasteiger partial charge in [-0.1, -0.05) is 12.1 Å². The molecule has 1 unspecified atom stereocenters. The predicted molar refractivity (Wildman–Crippen MR) is 117 cm³/mol. The summed E-state index contributed by atoms with van der Waals surface area (Å²) in [6, 6.07) is 16.2. The van der Waals surface area contributed by atoms with Crippen LogP contribution < -0.4 is 9.64 Å². The molecule has 6 nitrogen and oxygen atoms in total. The van der Waals surface area contributed by atoms with Crippen LogP contribution >= 0.6 is 11.3 Å². The quantitative estimate of drug-likeness (QED) is 0.530. The molecular weight excluding hydrogens is 396 g/mol. The van der Waals surface area contributed by atoms with Crippen LogP contribution in [-0.2, 0) is 0 Å². The van der Waals surface area contributed by atoms with Gasteiger partial charge in [-0.2, -0.15) is 0 Å². The first-order valence-corrected chi connectivity index (χ1v) is 11.2. The summed E-state index contributed by atoms with van der Waals surface area (Å²) in [5, 5.41) is 9.90. The molecule has 0 spiro atoms. The Morgan fingerprint density at radius 2 is 1.97 bits per heavy atom. The van der Waals surface area contributed by atoms with E-state index in [1.54, 1.807) is 7.11 Å². The van der Waals surface area contributed by atoms with Crippen molar-refractivity contribution in [3.63, 3.8) is 0 Å². The lowest BCUT2D eigenvalue weighted by Gasteiger charge is -2.31. The van der Waals surface area contributed by atoms with Crippen molar-refractivity contribution >= 4 is 21.6 Å². The zero-order valence-electron chi connectivity index (χ0n) is 17.2. The lowest BCUT2D eigenvalue weighted by atomic mass is 9.97. The van der Waals surface area contributed by atoms with Crippen LogP contribution in [0.25, 0.3) is 21.7 Å². The van der Waals surface area contributed by atoms with E-state index in [4.69, 9.17) is 14.1 Å². The van der Waals surface area contributed by atoms with Crippen LogP contribution in [0.4, 0.5) is 0 Å². The molecule has 2 aromatic carbocycles. The maximum absolute atomic E-state index is 6.05. The number of piperidine rings is 1. The van der Waals surface area contributed by atoms with E-state index in [1.807, 2.05) is 35.6 Å². The zero-order chi connectivity index (χ0) is 20.5. The number of para-hydroxylation sites is 1. The number of quaternary nitrogens is 1. The average Bonchev–Trinajstić information content (AvgIpc) is 3.46. The number of thiazole rings is 1. The van der Waals surface area contributed by atoms with Crippen molar-refractivity contribution in [3.05, 3.63) is 59.4 Å². The molecule has 2 aromatic heterocycles. The SMILES string of the molecule is COc1ccc(-c2nnc([C@@H](C)[NH+]3CCC[C@H](c4nc5ccccc5s4)C3)o2)cc1. The smallest absolute Gasteiger partial charge is 0.274 e. The van der Waals surface area contributed by atoms with Crippen molar-refractivity contribution in [2.75, 3.05) is 20.2 Å². The van der Waals surface area contributed by atoms with Crippen molar-refractivity contribution in [2.24, 2.45) is 0 Å². The van der Waals surface area contributed by atoms with Crippen LogP contribution in [0.2, 0.25) is 0 Å². The highest BCUT2D eigenvalue weighted by Gasteiger charge is 2.33. The van der Waals surface area contributed by atoms with Crippen molar-refractivity contribution < 1.29 is 14.1 Å². The normalized spacial score (nSPS) is 20.3. The molecule has 1 aliphatic rings. The Hall–Kier alpha value is -2.77. The molecule has 0 amide bonds. The molecule has 0 radical (unpaired) electrons. The van der Waals surface area contributed by atoms with Gasteiger partial charge in [0, 0.05) is 5.56 Å². The molecule has 4 aromatic rings. The van der Waals surface area contributed by atoms with E-state index in [0.29, 0.717) is 17.7 Å². The second-order valence-electron chi connectivity index (χ2n) is 7.87. The molecule has 1 aliphatic heterocycles. The van der Waals surface area contributed by atoms with Gasteiger partial charge < -0.3 is 14.1 Å². The van der Waals surface area contributed by atoms with Crippen molar-refractivity contribution in [2.45, 2.75) is 31.7 Å². The Balaban J connectivity index is 1.32. The second kappa shape index (κ2) is 8.16. The number of aromatic nitrogens is 3. The van der Waals surface area contributed by atoms with Crippen molar-refractivity contribution in [3.8, 4) is 17.2 Å². The lowest BCUT2D eigenvalue weighted by Crippen LogP contribution is -3.13.